The largest absolute Gasteiger partial charge is 0.123 e. The lowest BCUT2D eigenvalue weighted by Crippen LogP contribution is -1.90. The van der Waals surface area contributed by atoms with E-state index in [4.69, 9.17) is 11.6 Å². The Bertz CT molecular complexity index is 79.1. The lowest BCUT2D eigenvalue weighted by atomic mass is 10.1. The van der Waals surface area contributed by atoms with Gasteiger partial charge in [-0.3, -0.25) is 0 Å². The molecule has 0 saturated heterocycles. The van der Waals surface area contributed by atoms with Gasteiger partial charge in [-0.1, -0.05) is 45.4 Å². The van der Waals surface area contributed by atoms with Crippen molar-refractivity contribution in [2.24, 2.45) is 0 Å². The highest BCUT2D eigenvalue weighted by Gasteiger charge is 1.95. The van der Waals surface area contributed by atoms with Gasteiger partial charge in [0.05, 0.1) is 0 Å². The molecule has 0 bridgehead atoms. The maximum atomic E-state index is 5.83. The molecule has 0 nitrogen and oxygen atoms in total. The Kier molecular flexibility index (Phi) is 9.61. The third kappa shape index (κ3) is 10.3. The molecule has 1 radical (unpaired) electrons. The molecule has 0 aliphatic carbocycles. The number of hydrogen-bond donors (Lipinski definition) is 0. The van der Waals surface area contributed by atoms with Crippen LogP contribution in [0.25, 0.3) is 0 Å². The van der Waals surface area contributed by atoms with Gasteiger partial charge in [-0.15, -0.1) is 11.6 Å². The molecule has 0 aliphatic rings. The van der Waals surface area contributed by atoms with E-state index < -0.39 is 0 Å². The second kappa shape index (κ2) is 9.38. The zero-order valence-corrected chi connectivity index (χ0v) is 9.24. The van der Waals surface area contributed by atoms with Gasteiger partial charge >= 0.3 is 0 Å². The van der Waals surface area contributed by atoms with Crippen molar-refractivity contribution in [3.8, 4) is 0 Å². The summed E-state index contributed by atoms with van der Waals surface area (Å²) >= 11 is 5.83. The van der Waals surface area contributed by atoms with Crippen LogP contribution in [-0.4, -0.2) is 5.38 Å². The Balaban J connectivity index is 2.82. The molecule has 0 heterocycles. The standard InChI is InChI=1S/C11H22Cl/c1-3-4-5-6-7-8-9-10-11(2)12/h7,11H,3-6,8-10H2,1-2H3. The van der Waals surface area contributed by atoms with Gasteiger partial charge in [0, 0.05) is 5.38 Å². The van der Waals surface area contributed by atoms with Gasteiger partial charge in [0.1, 0.15) is 0 Å². The smallest absolute Gasteiger partial charge is 0.0307 e. The van der Waals surface area contributed by atoms with Gasteiger partial charge < -0.3 is 0 Å². The van der Waals surface area contributed by atoms with Crippen molar-refractivity contribution in [2.75, 3.05) is 0 Å². The van der Waals surface area contributed by atoms with Crippen molar-refractivity contribution >= 4 is 11.6 Å². The number of unbranched alkanes of at least 4 members (excludes halogenated alkanes) is 6. The summed E-state index contributed by atoms with van der Waals surface area (Å²) in [6.07, 6.45) is 11.4. The zero-order valence-electron chi connectivity index (χ0n) is 8.48. The second-order valence-electron chi connectivity index (χ2n) is 3.50. The summed E-state index contributed by atoms with van der Waals surface area (Å²) in [5.41, 5.74) is 0. The lowest BCUT2D eigenvalue weighted by Gasteiger charge is -2.02. The fourth-order valence-electron chi connectivity index (χ4n) is 1.23. The van der Waals surface area contributed by atoms with Crippen molar-refractivity contribution in [3.05, 3.63) is 6.42 Å². The van der Waals surface area contributed by atoms with Gasteiger partial charge in [-0.2, -0.15) is 0 Å². The van der Waals surface area contributed by atoms with E-state index in [0.717, 1.165) is 6.42 Å². The predicted octanol–water partition coefficient (Wildman–Crippen LogP) is 4.57. The fourth-order valence-corrected chi connectivity index (χ4v) is 1.38. The molecule has 73 valence electrons. The second-order valence-corrected chi connectivity index (χ2v) is 4.24. The molecule has 0 aromatic rings. The summed E-state index contributed by atoms with van der Waals surface area (Å²) in [6.45, 7) is 4.31. The maximum absolute atomic E-state index is 5.83. The Morgan fingerprint density at radius 2 is 1.83 bits per heavy atom. The van der Waals surface area contributed by atoms with Crippen LogP contribution in [0.15, 0.2) is 0 Å². The van der Waals surface area contributed by atoms with Gasteiger partial charge in [0.2, 0.25) is 0 Å². The highest BCUT2D eigenvalue weighted by molar-refractivity contribution is 6.20. The zero-order chi connectivity index (χ0) is 9.23. The van der Waals surface area contributed by atoms with Crippen LogP contribution < -0.4 is 0 Å². The molecular formula is C11H22Cl. The third-order valence-corrected chi connectivity index (χ3v) is 2.24. The first-order chi connectivity index (χ1) is 5.77. The van der Waals surface area contributed by atoms with Crippen molar-refractivity contribution in [2.45, 2.75) is 64.2 Å². The summed E-state index contributed by atoms with van der Waals surface area (Å²) in [5, 5.41) is 0.356. The molecule has 0 rings (SSSR count). The monoisotopic (exact) mass is 189 g/mol. The van der Waals surface area contributed by atoms with Crippen molar-refractivity contribution < 1.29 is 0 Å². The third-order valence-electron chi connectivity index (χ3n) is 2.02. The molecule has 12 heavy (non-hydrogen) atoms. The van der Waals surface area contributed by atoms with Crippen LogP contribution in [0.5, 0.6) is 0 Å². The number of alkyl halides is 1. The molecule has 0 aromatic heterocycles. The first-order valence-electron chi connectivity index (χ1n) is 5.23. The molecule has 0 fully saturated rings. The Morgan fingerprint density at radius 1 is 1.17 bits per heavy atom. The molecule has 0 amide bonds. The highest BCUT2D eigenvalue weighted by Crippen LogP contribution is 2.10. The summed E-state index contributed by atoms with van der Waals surface area (Å²) in [4.78, 5) is 0. The summed E-state index contributed by atoms with van der Waals surface area (Å²) in [7, 11) is 0. The molecule has 1 atom stereocenters. The molecule has 1 unspecified atom stereocenters. The van der Waals surface area contributed by atoms with Crippen LogP contribution in [-0.2, 0) is 0 Å². The van der Waals surface area contributed by atoms with E-state index in [-0.39, 0.29) is 0 Å². The molecular weight excluding hydrogens is 168 g/mol. The Hall–Kier alpha value is 0.290. The summed E-state index contributed by atoms with van der Waals surface area (Å²) < 4.78 is 0. The van der Waals surface area contributed by atoms with E-state index in [0.29, 0.717) is 5.38 Å². The number of halogens is 1. The van der Waals surface area contributed by atoms with E-state index in [2.05, 4.69) is 20.3 Å². The molecule has 0 saturated carbocycles. The first kappa shape index (κ1) is 12.3. The van der Waals surface area contributed by atoms with Crippen LogP contribution in [0.4, 0.5) is 0 Å². The van der Waals surface area contributed by atoms with Gasteiger partial charge in [-0.25, -0.2) is 0 Å². The summed E-state index contributed by atoms with van der Waals surface area (Å²) in [6, 6.07) is 0. The van der Waals surface area contributed by atoms with E-state index >= 15 is 0 Å². The molecule has 0 N–H and O–H groups in total. The van der Waals surface area contributed by atoms with Crippen LogP contribution >= 0.6 is 11.6 Å². The SMILES string of the molecule is CCCCC[CH]CCCC(C)Cl. The quantitative estimate of drug-likeness (QED) is 0.388. The number of hydrogen-bond acceptors (Lipinski definition) is 0. The van der Waals surface area contributed by atoms with Gasteiger partial charge in [0.25, 0.3) is 0 Å². The van der Waals surface area contributed by atoms with Crippen LogP contribution in [0.3, 0.4) is 0 Å². The Labute approximate surface area is 82.7 Å². The minimum absolute atomic E-state index is 0.356. The number of rotatable bonds is 8. The van der Waals surface area contributed by atoms with E-state index in [9.17, 15) is 0 Å². The van der Waals surface area contributed by atoms with Gasteiger partial charge in [0.15, 0.2) is 0 Å². The van der Waals surface area contributed by atoms with Crippen LogP contribution in [0.1, 0.15) is 58.8 Å². The topological polar surface area (TPSA) is 0 Å². The van der Waals surface area contributed by atoms with Crippen LogP contribution in [0, 0.1) is 6.42 Å². The average molecular weight is 190 g/mol. The maximum Gasteiger partial charge on any atom is 0.0307 e. The van der Waals surface area contributed by atoms with E-state index in [1.54, 1.807) is 0 Å². The molecule has 0 spiro atoms. The molecule has 1 heteroatoms. The molecule has 0 aromatic carbocycles. The predicted molar refractivity (Wildman–Crippen MR) is 57.6 cm³/mol. The van der Waals surface area contributed by atoms with Crippen molar-refractivity contribution in [1.29, 1.82) is 0 Å². The van der Waals surface area contributed by atoms with Crippen molar-refractivity contribution in [3.63, 3.8) is 0 Å². The van der Waals surface area contributed by atoms with Gasteiger partial charge in [-0.05, 0) is 19.8 Å². The lowest BCUT2D eigenvalue weighted by molar-refractivity contribution is 0.657. The normalized spacial score (nSPS) is 13.2. The molecule has 0 aliphatic heterocycles. The van der Waals surface area contributed by atoms with E-state index in [1.165, 1.54) is 38.5 Å². The Morgan fingerprint density at radius 3 is 2.42 bits per heavy atom. The average Bonchev–Trinajstić information content (AvgIpc) is 2.02. The summed E-state index contributed by atoms with van der Waals surface area (Å²) in [5.74, 6) is 0. The minimum atomic E-state index is 0.356. The van der Waals surface area contributed by atoms with E-state index in [1.807, 2.05) is 0 Å². The highest BCUT2D eigenvalue weighted by atomic mass is 35.5. The minimum Gasteiger partial charge on any atom is -0.123 e. The fraction of sp³-hybridized carbons (Fsp3) is 0.909. The van der Waals surface area contributed by atoms with Crippen molar-refractivity contribution in [1.82, 2.24) is 0 Å². The van der Waals surface area contributed by atoms with Crippen LogP contribution in [0.2, 0.25) is 0 Å². The first-order valence-corrected chi connectivity index (χ1v) is 5.66.